The van der Waals surface area contributed by atoms with E-state index in [1.54, 1.807) is 6.92 Å². The van der Waals surface area contributed by atoms with Crippen molar-refractivity contribution in [3.8, 4) is 0 Å². The predicted molar refractivity (Wildman–Crippen MR) is 51.4 cm³/mol. The van der Waals surface area contributed by atoms with Gasteiger partial charge in [0.25, 0.3) is 0 Å². The maximum Gasteiger partial charge on any atom is 0.195 e. The predicted octanol–water partition coefficient (Wildman–Crippen LogP) is 2.76. The topological polar surface area (TPSA) is 26.0 Å². The average molecular weight is 268 g/mol. The number of hydrogen-bond acceptors (Lipinski definition) is 1. The zero-order valence-electron chi connectivity index (χ0n) is 7.45. The maximum atomic E-state index is 13.1. The van der Waals surface area contributed by atoms with Gasteiger partial charge < -0.3 is 5.73 Å². The van der Waals surface area contributed by atoms with Crippen LogP contribution < -0.4 is 5.73 Å². The SMILES string of the molecule is CC(N)Cc1cc(Br)c(F)c(F)c1F. The van der Waals surface area contributed by atoms with E-state index >= 15 is 0 Å². The molecule has 5 heteroatoms. The molecule has 0 aliphatic rings. The minimum atomic E-state index is -1.46. The highest BCUT2D eigenvalue weighted by molar-refractivity contribution is 9.10. The molecule has 0 spiro atoms. The number of rotatable bonds is 2. The van der Waals surface area contributed by atoms with Gasteiger partial charge in [-0.05, 0) is 40.9 Å². The summed E-state index contributed by atoms with van der Waals surface area (Å²) in [6.45, 7) is 1.66. The van der Waals surface area contributed by atoms with E-state index in [0.717, 1.165) is 0 Å². The van der Waals surface area contributed by atoms with E-state index in [0.29, 0.717) is 0 Å². The second-order valence-corrected chi connectivity index (χ2v) is 4.00. The second kappa shape index (κ2) is 4.31. The van der Waals surface area contributed by atoms with Gasteiger partial charge >= 0.3 is 0 Å². The third kappa shape index (κ3) is 2.27. The van der Waals surface area contributed by atoms with Crippen LogP contribution in [0.4, 0.5) is 13.2 Å². The van der Waals surface area contributed by atoms with E-state index < -0.39 is 17.5 Å². The first kappa shape index (κ1) is 11.5. The molecular weight excluding hydrogens is 259 g/mol. The molecule has 1 rings (SSSR count). The molecule has 0 bridgehead atoms. The smallest absolute Gasteiger partial charge is 0.195 e. The highest BCUT2D eigenvalue weighted by Crippen LogP contribution is 2.24. The summed E-state index contributed by atoms with van der Waals surface area (Å²) in [6, 6.07) is 0.901. The van der Waals surface area contributed by atoms with Gasteiger partial charge in [0.05, 0.1) is 4.47 Å². The molecule has 2 N–H and O–H groups in total. The summed E-state index contributed by atoms with van der Waals surface area (Å²) >= 11 is 2.80. The number of hydrogen-bond donors (Lipinski definition) is 1. The summed E-state index contributed by atoms with van der Waals surface area (Å²) in [5.74, 6) is -3.84. The lowest BCUT2D eigenvalue weighted by Crippen LogP contribution is -2.19. The van der Waals surface area contributed by atoms with E-state index in [9.17, 15) is 13.2 Å². The normalized spacial score (nSPS) is 13.0. The first-order valence-corrected chi connectivity index (χ1v) is 4.80. The van der Waals surface area contributed by atoms with Crippen molar-refractivity contribution in [2.24, 2.45) is 5.73 Å². The summed E-state index contributed by atoms with van der Waals surface area (Å²) < 4.78 is 38.7. The fraction of sp³-hybridized carbons (Fsp3) is 0.333. The van der Waals surface area contributed by atoms with Gasteiger partial charge in [-0.1, -0.05) is 0 Å². The molecule has 0 fully saturated rings. The van der Waals surface area contributed by atoms with Crippen molar-refractivity contribution in [1.82, 2.24) is 0 Å². The van der Waals surface area contributed by atoms with Crippen molar-refractivity contribution < 1.29 is 13.2 Å². The van der Waals surface area contributed by atoms with E-state index in [4.69, 9.17) is 5.73 Å². The highest BCUT2D eigenvalue weighted by atomic mass is 79.9. The van der Waals surface area contributed by atoms with Gasteiger partial charge in [0.15, 0.2) is 17.5 Å². The van der Waals surface area contributed by atoms with Gasteiger partial charge in [-0.25, -0.2) is 13.2 Å². The molecule has 0 radical (unpaired) electrons. The molecule has 1 atom stereocenters. The Morgan fingerprint density at radius 1 is 1.29 bits per heavy atom. The Kier molecular flexibility index (Phi) is 3.55. The molecule has 0 aliphatic carbocycles. The summed E-state index contributed by atoms with van der Waals surface area (Å²) in [4.78, 5) is 0. The monoisotopic (exact) mass is 267 g/mol. The zero-order valence-corrected chi connectivity index (χ0v) is 9.04. The summed E-state index contributed by atoms with van der Waals surface area (Å²) in [5.41, 5.74) is 5.51. The minimum absolute atomic E-state index is 0.0748. The number of benzene rings is 1. The van der Waals surface area contributed by atoms with Crippen molar-refractivity contribution in [3.63, 3.8) is 0 Å². The summed E-state index contributed by atoms with van der Waals surface area (Å²) in [7, 11) is 0. The Morgan fingerprint density at radius 2 is 1.86 bits per heavy atom. The van der Waals surface area contributed by atoms with Crippen LogP contribution in [0, 0.1) is 17.5 Å². The third-order valence-electron chi connectivity index (χ3n) is 1.72. The van der Waals surface area contributed by atoms with Gasteiger partial charge in [0, 0.05) is 6.04 Å². The summed E-state index contributed by atoms with van der Waals surface area (Å²) in [5, 5.41) is 0. The lowest BCUT2D eigenvalue weighted by Gasteiger charge is -2.08. The molecule has 0 amide bonds. The molecule has 78 valence electrons. The molecule has 1 unspecified atom stereocenters. The Labute approximate surface area is 88.2 Å². The molecule has 0 aromatic heterocycles. The third-order valence-corrected chi connectivity index (χ3v) is 2.30. The van der Waals surface area contributed by atoms with Gasteiger partial charge in [0.2, 0.25) is 0 Å². The van der Waals surface area contributed by atoms with Crippen molar-refractivity contribution in [2.75, 3.05) is 0 Å². The Hall–Kier alpha value is -0.550. The quantitative estimate of drug-likeness (QED) is 0.647. The Balaban J connectivity index is 3.19. The molecule has 1 aromatic rings. The van der Waals surface area contributed by atoms with Crippen molar-refractivity contribution in [3.05, 3.63) is 33.6 Å². The van der Waals surface area contributed by atoms with Crippen LogP contribution in [0.1, 0.15) is 12.5 Å². The highest BCUT2D eigenvalue weighted by Gasteiger charge is 2.17. The maximum absolute atomic E-state index is 13.1. The molecule has 0 saturated carbocycles. The molecule has 0 heterocycles. The van der Waals surface area contributed by atoms with Crippen molar-refractivity contribution in [2.45, 2.75) is 19.4 Å². The van der Waals surface area contributed by atoms with Gasteiger partial charge in [-0.15, -0.1) is 0 Å². The number of halogens is 4. The molecular formula is C9H9BrF3N. The van der Waals surface area contributed by atoms with E-state index in [1.165, 1.54) is 6.07 Å². The van der Waals surface area contributed by atoms with Crippen LogP contribution in [0.25, 0.3) is 0 Å². The van der Waals surface area contributed by atoms with Crippen LogP contribution in [0.3, 0.4) is 0 Å². The van der Waals surface area contributed by atoms with E-state index in [1.807, 2.05) is 0 Å². The number of nitrogens with two attached hydrogens (primary N) is 1. The van der Waals surface area contributed by atoms with Crippen LogP contribution >= 0.6 is 15.9 Å². The molecule has 0 aliphatic heterocycles. The van der Waals surface area contributed by atoms with Gasteiger partial charge in [0.1, 0.15) is 0 Å². The lowest BCUT2D eigenvalue weighted by molar-refractivity contribution is 0.436. The minimum Gasteiger partial charge on any atom is -0.328 e. The molecule has 0 saturated heterocycles. The average Bonchev–Trinajstić information content (AvgIpc) is 2.10. The standard InChI is InChI=1S/C9H9BrF3N/c1-4(14)2-5-3-6(10)8(12)9(13)7(5)11/h3-4H,2,14H2,1H3. The van der Waals surface area contributed by atoms with Crippen LogP contribution in [0.2, 0.25) is 0 Å². The van der Waals surface area contributed by atoms with Crippen LogP contribution in [0.15, 0.2) is 10.5 Å². The van der Waals surface area contributed by atoms with E-state index in [-0.39, 0.29) is 22.5 Å². The van der Waals surface area contributed by atoms with Gasteiger partial charge in [-0.2, -0.15) is 0 Å². The molecule has 14 heavy (non-hydrogen) atoms. The van der Waals surface area contributed by atoms with Crippen molar-refractivity contribution >= 4 is 15.9 Å². The largest absolute Gasteiger partial charge is 0.328 e. The summed E-state index contributed by atoms with van der Waals surface area (Å²) in [6.07, 6.45) is 0.168. The first-order chi connectivity index (χ1) is 6.43. The van der Waals surface area contributed by atoms with Crippen molar-refractivity contribution in [1.29, 1.82) is 0 Å². The second-order valence-electron chi connectivity index (χ2n) is 3.14. The Bertz CT molecular complexity index is 352. The van der Waals surface area contributed by atoms with Gasteiger partial charge in [-0.3, -0.25) is 0 Å². The fourth-order valence-electron chi connectivity index (χ4n) is 1.12. The molecule has 1 nitrogen and oxygen atoms in total. The zero-order chi connectivity index (χ0) is 10.9. The fourth-order valence-corrected chi connectivity index (χ4v) is 1.57. The van der Waals surface area contributed by atoms with Crippen LogP contribution in [-0.4, -0.2) is 6.04 Å². The van der Waals surface area contributed by atoms with Crippen LogP contribution in [0.5, 0.6) is 0 Å². The Morgan fingerprint density at radius 3 is 2.36 bits per heavy atom. The lowest BCUT2D eigenvalue weighted by atomic mass is 10.1. The van der Waals surface area contributed by atoms with Crippen LogP contribution in [-0.2, 0) is 6.42 Å². The molecule has 1 aromatic carbocycles. The van der Waals surface area contributed by atoms with E-state index in [2.05, 4.69) is 15.9 Å². The first-order valence-electron chi connectivity index (χ1n) is 4.01.